The molecule has 5 rings (SSSR count). The van der Waals surface area contributed by atoms with Gasteiger partial charge in [-0.15, -0.1) is 0 Å². The molecule has 0 spiro atoms. The summed E-state index contributed by atoms with van der Waals surface area (Å²) < 4.78 is 0. The van der Waals surface area contributed by atoms with Crippen molar-refractivity contribution in [1.82, 2.24) is 20.4 Å². The van der Waals surface area contributed by atoms with Gasteiger partial charge >= 0.3 is 0 Å². The molecule has 0 saturated carbocycles. The van der Waals surface area contributed by atoms with Crippen LogP contribution in [0.4, 0.5) is 5.69 Å². The van der Waals surface area contributed by atoms with Gasteiger partial charge in [0, 0.05) is 49.0 Å². The zero-order valence-corrected chi connectivity index (χ0v) is 21.5. The highest BCUT2D eigenvalue weighted by Crippen LogP contribution is 2.27. The highest BCUT2D eigenvalue weighted by atomic mass is 16.1. The van der Waals surface area contributed by atoms with Crippen LogP contribution in [0.25, 0.3) is 22.5 Å². The van der Waals surface area contributed by atoms with Crippen LogP contribution in [0.2, 0.25) is 0 Å². The van der Waals surface area contributed by atoms with Crippen molar-refractivity contribution in [3.8, 4) is 22.5 Å². The lowest BCUT2D eigenvalue weighted by Gasteiger charge is -2.33. The minimum Gasteiger partial charge on any atom is -0.372 e. The summed E-state index contributed by atoms with van der Waals surface area (Å²) in [6.07, 6.45) is 8.83. The first-order valence-corrected chi connectivity index (χ1v) is 13.7. The second-order valence-electron chi connectivity index (χ2n) is 10.3. The first-order valence-electron chi connectivity index (χ1n) is 13.7. The first-order chi connectivity index (χ1) is 17.7. The molecule has 2 aromatic carbocycles. The van der Waals surface area contributed by atoms with Gasteiger partial charge in [0.1, 0.15) is 0 Å². The molecule has 2 saturated heterocycles. The standard InChI is InChI=1S/C30H39N5O/c1-23-8-3-6-18-34(23)21-7-17-31-30(36)26-11-9-24(10-12-26)28-22-29(33-32-28)25-13-15-27(16-14-25)35-19-4-2-5-20-35/h9-16,22-23H,2-8,17-21H2,1H3,(H,31,36)(H,32,33). The monoisotopic (exact) mass is 485 g/mol. The number of hydrogen-bond acceptors (Lipinski definition) is 4. The summed E-state index contributed by atoms with van der Waals surface area (Å²) >= 11 is 0. The van der Waals surface area contributed by atoms with Crippen molar-refractivity contribution in [2.24, 2.45) is 0 Å². The number of H-pyrrole nitrogens is 1. The molecule has 0 aliphatic carbocycles. The molecular weight excluding hydrogens is 446 g/mol. The van der Waals surface area contributed by atoms with Crippen molar-refractivity contribution in [2.75, 3.05) is 37.6 Å². The largest absolute Gasteiger partial charge is 0.372 e. The smallest absolute Gasteiger partial charge is 0.251 e. The van der Waals surface area contributed by atoms with E-state index in [9.17, 15) is 4.79 Å². The Morgan fingerprint density at radius 2 is 1.67 bits per heavy atom. The fourth-order valence-electron chi connectivity index (χ4n) is 5.49. The maximum absolute atomic E-state index is 12.6. The van der Waals surface area contributed by atoms with Crippen molar-refractivity contribution in [2.45, 2.75) is 57.9 Å². The van der Waals surface area contributed by atoms with E-state index in [1.807, 2.05) is 24.3 Å². The van der Waals surface area contributed by atoms with Crippen LogP contribution < -0.4 is 10.2 Å². The van der Waals surface area contributed by atoms with Crippen LogP contribution in [0.1, 0.15) is 62.2 Å². The number of benzene rings is 2. The zero-order valence-electron chi connectivity index (χ0n) is 21.5. The van der Waals surface area contributed by atoms with Gasteiger partial charge in [-0.1, -0.05) is 30.7 Å². The number of aromatic nitrogens is 2. The maximum Gasteiger partial charge on any atom is 0.251 e. The van der Waals surface area contributed by atoms with Crippen LogP contribution in [-0.2, 0) is 0 Å². The summed E-state index contributed by atoms with van der Waals surface area (Å²) in [4.78, 5) is 17.6. The van der Waals surface area contributed by atoms with Crippen LogP contribution in [0, 0.1) is 0 Å². The van der Waals surface area contributed by atoms with Gasteiger partial charge < -0.3 is 15.1 Å². The Balaban J connectivity index is 1.13. The normalized spacial score (nSPS) is 18.8. The van der Waals surface area contributed by atoms with Crippen LogP contribution in [-0.4, -0.2) is 59.8 Å². The fourth-order valence-corrected chi connectivity index (χ4v) is 5.49. The molecule has 1 amide bonds. The van der Waals surface area contributed by atoms with E-state index in [2.05, 4.69) is 62.6 Å². The molecule has 3 heterocycles. The molecule has 2 aliphatic heterocycles. The van der Waals surface area contributed by atoms with Crippen LogP contribution in [0.15, 0.2) is 54.6 Å². The number of carbonyl (C=O) groups excluding carboxylic acids is 1. The Kier molecular flexibility index (Phi) is 8.01. The molecule has 6 heteroatoms. The highest BCUT2D eigenvalue weighted by molar-refractivity contribution is 5.94. The molecule has 0 radical (unpaired) electrons. The van der Waals surface area contributed by atoms with Crippen LogP contribution in [0.5, 0.6) is 0 Å². The van der Waals surface area contributed by atoms with Gasteiger partial charge in [-0.05, 0) is 87.9 Å². The summed E-state index contributed by atoms with van der Waals surface area (Å²) in [6.45, 7) is 7.58. The lowest BCUT2D eigenvalue weighted by Crippen LogP contribution is -2.39. The molecule has 1 atom stereocenters. The zero-order chi connectivity index (χ0) is 24.7. The molecule has 0 bridgehead atoms. The van der Waals surface area contributed by atoms with Crippen molar-refractivity contribution < 1.29 is 4.79 Å². The van der Waals surface area contributed by atoms with Gasteiger partial charge in [-0.25, -0.2) is 0 Å². The molecule has 190 valence electrons. The SMILES string of the molecule is CC1CCCCN1CCCNC(=O)c1ccc(-c2cc(-c3ccc(N4CCCCC4)cc3)n[nH]2)cc1. The van der Waals surface area contributed by atoms with E-state index >= 15 is 0 Å². The van der Waals surface area contributed by atoms with Gasteiger partial charge in [0.05, 0.1) is 11.4 Å². The van der Waals surface area contributed by atoms with Gasteiger partial charge in [-0.3, -0.25) is 9.89 Å². The second-order valence-corrected chi connectivity index (χ2v) is 10.3. The summed E-state index contributed by atoms with van der Waals surface area (Å²) in [7, 11) is 0. The van der Waals surface area contributed by atoms with E-state index in [1.165, 1.54) is 50.8 Å². The number of amides is 1. The molecule has 1 aromatic heterocycles. The predicted octanol–water partition coefficient (Wildman–Crippen LogP) is 5.73. The minimum absolute atomic E-state index is 0.00709. The van der Waals surface area contributed by atoms with E-state index in [0.29, 0.717) is 18.2 Å². The van der Waals surface area contributed by atoms with Gasteiger partial charge in [0.15, 0.2) is 0 Å². The number of carbonyl (C=O) groups is 1. The minimum atomic E-state index is -0.00709. The van der Waals surface area contributed by atoms with Crippen LogP contribution in [0.3, 0.4) is 0 Å². The van der Waals surface area contributed by atoms with E-state index in [0.717, 1.165) is 48.6 Å². The molecule has 2 aliphatic rings. The van der Waals surface area contributed by atoms with Crippen molar-refractivity contribution >= 4 is 11.6 Å². The van der Waals surface area contributed by atoms with E-state index in [1.54, 1.807) is 0 Å². The van der Waals surface area contributed by atoms with Gasteiger partial charge in [-0.2, -0.15) is 5.10 Å². The Labute approximate surface area is 215 Å². The summed E-state index contributed by atoms with van der Waals surface area (Å²) in [6, 6.07) is 19.2. The third-order valence-corrected chi connectivity index (χ3v) is 7.77. The third kappa shape index (κ3) is 5.98. The molecular formula is C30H39N5O. The van der Waals surface area contributed by atoms with Crippen molar-refractivity contribution in [3.05, 3.63) is 60.2 Å². The number of aromatic amines is 1. The maximum atomic E-state index is 12.6. The highest BCUT2D eigenvalue weighted by Gasteiger charge is 2.17. The lowest BCUT2D eigenvalue weighted by molar-refractivity contribution is 0.0949. The van der Waals surface area contributed by atoms with Crippen molar-refractivity contribution in [1.29, 1.82) is 0 Å². The van der Waals surface area contributed by atoms with Gasteiger partial charge in [0.2, 0.25) is 0 Å². The predicted molar refractivity (Wildman–Crippen MR) is 147 cm³/mol. The summed E-state index contributed by atoms with van der Waals surface area (Å²) in [5.74, 6) is -0.00709. The molecule has 2 N–H and O–H groups in total. The summed E-state index contributed by atoms with van der Waals surface area (Å²) in [5, 5.41) is 10.8. The average molecular weight is 486 g/mol. The molecule has 1 unspecified atom stereocenters. The Bertz CT molecular complexity index is 1120. The molecule has 6 nitrogen and oxygen atoms in total. The fraction of sp³-hybridized carbons (Fsp3) is 0.467. The van der Waals surface area contributed by atoms with E-state index in [-0.39, 0.29) is 5.91 Å². The number of nitrogens with zero attached hydrogens (tertiary/aromatic N) is 3. The van der Waals surface area contributed by atoms with Crippen molar-refractivity contribution in [3.63, 3.8) is 0 Å². The molecule has 36 heavy (non-hydrogen) atoms. The number of likely N-dealkylation sites (tertiary alicyclic amines) is 1. The Hall–Kier alpha value is -3.12. The number of hydrogen-bond donors (Lipinski definition) is 2. The van der Waals surface area contributed by atoms with Gasteiger partial charge in [0.25, 0.3) is 5.91 Å². The lowest BCUT2D eigenvalue weighted by atomic mass is 10.0. The first kappa shape index (κ1) is 24.6. The number of rotatable bonds is 8. The number of anilines is 1. The van der Waals surface area contributed by atoms with E-state index in [4.69, 9.17) is 0 Å². The number of piperidine rings is 2. The Morgan fingerprint density at radius 1 is 0.944 bits per heavy atom. The third-order valence-electron chi connectivity index (χ3n) is 7.77. The topological polar surface area (TPSA) is 64.3 Å². The van der Waals surface area contributed by atoms with Crippen LogP contribution >= 0.6 is 0 Å². The number of nitrogens with one attached hydrogen (secondary N) is 2. The quantitative estimate of drug-likeness (QED) is 0.400. The molecule has 3 aromatic rings. The summed E-state index contributed by atoms with van der Waals surface area (Å²) in [5.41, 5.74) is 6.00. The van der Waals surface area contributed by atoms with E-state index < -0.39 is 0 Å². The molecule has 2 fully saturated rings. The average Bonchev–Trinajstić information content (AvgIpc) is 3.43. The second kappa shape index (κ2) is 11.7. The Morgan fingerprint density at radius 3 is 2.42 bits per heavy atom.